The number of benzene rings is 1. The molecule has 19 heavy (non-hydrogen) atoms. The van der Waals surface area contributed by atoms with Gasteiger partial charge in [-0.1, -0.05) is 43.6 Å². The summed E-state index contributed by atoms with van der Waals surface area (Å²) in [7, 11) is -2.88. The number of hydrogen-bond donors (Lipinski definition) is 1. The molecule has 0 heterocycles. The lowest BCUT2D eigenvalue weighted by Gasteiger charge is -2.19. The van der Waals surface area contributed by atoms with Crippen LogP contribution in [0.1, 0.15) is 38.3 Å². The van der Waals surface area contributed by atoms with Gasteiger partial charge in [-0.3, -0.25) is 0 Å². The Balaban J connectivity index is 2.67. The molecule has 0 aromatic heterocycles. The zero-order chi connectivity index (χ0) is 14.3. The van der Waals surface area contributed by atoms with Gasteiger partial charge in [-0.2, -0.15) is 0 Å². The SMILES string of the molecule is CCNC(CCCS(=O)(=O)CC)c1ccccc1Cl. The Morgan fingerprint density at radius 2 is 1.95 bits per heavy atom. The molecule has 1 N–H and O–H groups in total. The predicted octanol–water partition coefficient (Wildman–Crippen LogP) is 3.21. The Labute approximate surface area is 121 Å². The lowest BCUT2D eigenvalue weighted by molar-refractivity contribution is 0.507. The molecular formula is C14H22ClNO2S. The van der Waals surface area contributed by atoms with E-state index in [9.17, 15) is 8.42 Å². The fourth-order valence-electron chi connectivity index (χ4n) is 2.02. The predicted molar refractivity (Wildman–Crippen MR) is 81.4 cm³/mol. The van der Waals surface area contributed by atoms with Gasteiger partial charge >= 0.3 is 0 Å². The largest absolute Gasteiger partial charge is 0.310 e. The van der Waals surface area contributed by atoms with Crippen LogP contribution in [0.15, 0.2) is 24.3 Å². The van der Waals surface area contributed by atoms with E-state index in [0.717, 1.165) is 23.6 Å². The molecule has 0 fully saturated rings. The minimum Gasteiger partial charge on any atom is -0.310 e. The molecule has 1 unspecified atom stereocenters. The fraction of sp³-hybridized carbons (Fsp3) is 0.571. The Kier molecular flexibility index (Phi) is 6.83. The molecule has 0 aliphatic heterocycles. The van der Waals surface area contributed by atoms with E-state index in [1.165, 1.54) is 0 Å². The lowest BCUT2D eigenvalue weighted by atomic mass is 10.0. The van der Waals surface area contributed by atoms with Gasteiger partial charge in [0.25, 0.3) is 0 Å². The van der Waals surface area contributed by atoms with Crippen molar-refractivity contribution < 1.29 is 8.42 Å². The van der Waals surface area contributed by atoms with Crippen LogP contribution in [-0.4, -0.2) is 26.5 Å². The molecule has 0 aliphatic rings. The van der Waals surface area contributed by atoms with Crippen molar-refractivity contribution >= 4 is 21.4 Å². The third-order valence-corrected chi connectivity index (χ3v) is 5.25. The Morgan fingerprint density at radius 3 is 2.53 bits per heavy atom. The van der Waals surface area contributed by atoms with Crippen LogP contribution >= 0.6 is 11.6 Å². The second-order valence-electron chi connectivity index (χ2n) is 4.51. The van der Waals surface area contributed by atoms with Gasteiger partial charge < -0.3 is 5.32 Å². The van der Waals surface area contributed by atoms with Crippen LogP contribution in [0.4, 0.5) is 0 Å². The lowest BCUT2D eigenvalue weighted by Crippen LogP contribution is -2.22. The first-order valence-electron chi connectivity index (χ1n) is 6.68. The highest BCUT2D eigenvalue weighted by molar-refractivity contribution is 7.91. The highest BCUT2D eigenvalue weighted by Gasteiger charge is 2.15. The first-order chi connectivity index (χ1) is 9.00. The van der Waals surface area contributed by atoms with Gasteiger partial charge in [0.15, 0.2) is 0 Å². The summed E-state index contributed by atoms with van der Waals surface area (Å²) in [5.74, 6) is 0.459. The number of halogens is 1. The molecule has 0 bridgehead atoms. The van der Waals surface area contributed by atoms with Crippen LogP contribution in [0.5, 0.6) is 0 Å². The third-order valence-electron chi connectivity index (χ3n) is 3.12. The standard InChI is InChI=1S/C14H22ClNO2S/c1-3-16-14(10-7-11-19(17,18)4-2)12-8-5-6-9-13(12)15/h5-6,8-9,14,16H,3-4,7,10-11H2,1-2H3. The zero-order valence-corrected chi connectivity index (χ0v) is 13.1. The van der Waals surface area contributed by atoms with Crippen LogP contribution in [0, 0.1) is 0 Å². The molecule has 0 aliphatic carbocycles. The Morgan fingerprint density at radius 1 is 1.26 bits per heavy atom. The molecule has 0 spiro atoms. The van der Waals surface area contributed by atoms with Crippen LogP contribution in [-0.2, 0) is 9.84 Å². The van der Waals surface area contributed by atoms with Crippen molar-refractivity contribution in [3.8, 4) is 0 Å². The van der Waals surface area contributed by atoms with Crippen molar-refractivity contribution in [2.45, 2.75) is 32.7 Å². The normalized spacial score (nSPS) is 13.4. The number of nitrogens with one attached hydrogen (secondary N) is 1. The van der Waals surface area contributed by atoms with Crippen LogP contribution < -0.4 is 5.32 Å². The van der Waals surface area contributed by atoms with Crippen molar-refractivity contribution in [2.75, 3.05) is 18.1 Å². The van der Waals surface area contributed by atoms with Gasteiger partial charge in [-0.15, -0.1) is 0 Å². The second-order valence-corrected chi connectivity index (χ2v) is 7.39. The summed E-state index contributed by atoms with van der Waals surface area (Å²) in [6, 6.07) is 7.82. The third kappa shape index (κ3) is 5.51. The van der Waals surface area contributed by atoms with Gasteiger partial charge in [0.05, 0.1) is 5.75 Å². The molecule has 3 nitrogen and oxygen atoms in total. The molecule has 0 saturated heterocycles. The molecule has 0 saturated carbocycles. The quantitative estimate of drug-likeness (QED) is 0.802. The molecule has 108 valence electrons. The minimum absolute atomic E-state index is 0.116. The topological polar surface area (TPSA) is 46.2 Å². The van der Waals surface area contributed by atoms with E-state index in [4.69, 9.17) is 11.6 Å². The zero-order valence-electron chi connectivity index (χ0n) is 11.5. The first-order valence-corrected chi connectivity index (χ1v) is 8.88. The van der Waals surface area contributed by atoms with Gasteiger partial charge in [-0.25, -0.2) is 8.42 Å². The second kappa shape index (κ2) is 7.88. The summed E-state index contributed by atoms with van der Waals surface area (Å²) < 4.78 is 23.0. The van der Waals surface area contributed by atoms with Gasteiger partial charge in [0.2, 0.25) is 0 Å². The van der Waals surface area contributed by atoms with Crippen molar-refractivity contribution in [3.63, 3.8) is 0 Å². The summed E-state index contributed by atoms with van der Waals surface area (Å²) >= 11 is 6.19. The Bertz CT molecular complexity index is 488. The average Bonchev–Trinajstić information content (AvgIpc) is 2.38. The molecular weight excluding hydrogens is 282 g/mol. The average molecular weight is 304 g/mol. The van der Waals surface area contributed by atoms with Crippen molar-refractivity contribution in [3.05, 3.63) is 34.9 Å². The highest BCUT2D eigenvalue weighted by Crippen LogP contribution is 2.26. The molecule has 1 aromatic carbocycles. The Hall–Kier alpha value is -0.580. The smallest absolute Gasteiger partial charge is 0.150 e. The van der Waals surface area contributed by atoms with Gasteiger partial charge in [-0.05, 0) is 31.0 Å². The van der Waals surface area contributed by atoms with E-state index in [2.05, 4.69) is 5.32 Å². The summed E-state index contributed by atoms with van der Waals surface area (Å²) in [5, 5.41) is 4.09. The van der Waals surface area contributed by atoms with E-state index >= 15 is 0 Å². The maximum atomic E-state index is 11.5. The summed E-state index contributed by atoms with van der Waals surface area (Å²) in [6.45, 7) is 4.55. The van der Waals surface area contributed by atoms with E-state index in [1.807, 2.05) is 31.2 Å². The summed E-state index contributed by atoms with van der Waals surface area (Å²) in [5.41, 5.74) is 1.04. The number of hydrogen-bond acceptors (Lipinski definition) is 3. The van der Waals surface area contributed by atoms with Crippen LogP contribution in [0.3, 0.4) is 0 Å². The molecule has 0 amide bonds. The summed E-state index contributed by atoms with van der Waals surface area (Å²) in [6.07, 6.45) is 1.43. The van der Waals surface area contributed by atoms with Gasteiger partial charge in [0.1, 0.15) is 9.84 Å². The van der Waals surface area contributed by atoms with Crippen molar-refractivity contribution in [2.24, 2.45) is 0 Å². The number of sulfone groups is 1. The van der Waals surface area contributed by atoms with E-state index < -0.39 is 9.84 Å². The van der Waals surface area contributed by atoms with Gasteiger partial charge in [0, 0.05) is 16.8 Å². The highest BCUT2D eigenvalue weighted by atomic mass is 35.5. The van der Waals surface area contributed by atoms with E-state index in [1.54, 1.807) is 6.92 Å². The molecule has 1 atom stereocenters. The summed E-state index contributed by atoms with van der Waals surface area (Å²) in [4.78, 5) is 0. The van der Waals surface area contributed by atoms with Crippen LogP contribution in [0.25, 0.3) is 0 Å². The van der Waals surface area contributed by atoms with Crippen LogP contribution in [0.2, 0.25) is 5.02 Å². The molecule has 1 rings (SSSR count). The van der Waals surface area contributed by atoms with Crippen molar-refractivity contribution in [1.29, 1.82) is 0 Å². The molecule has 5 heteroatoms. The first kappa shape index (κ1) is 16.5. The maximum absolute atomic E-state index is 11.5. The maximum Gasteiger partial charge on any atom is 0.150 e. The van der Waals surface area contributed by atoms with Crippen molar-refractivity contribution in [1.82, 2.24) is 5.32 Å². The molecule has 1 aromatic rings. The molecule has 0 radical (unpaired) electrons. The van der Waals surface area contributed by atoms with E-state index in [-0.39, 0.29) is 17.5 Å². The fourth-order valence-corrected chi connectivity index (χ4v) is 3.19. The number of rotatable bonds is 8. The monoisotopic (exact) mass is 303 g/mol. The minimum atomic E-state index is -2.88. The van der Waals surface area contributed by atoms with E-state index in [0.29, 0.717) is 6.42 Å².